The second-order valence-electron chi connectivity index (χ2n) is 4.09. The predicted octanol–water partition coefficient (Wildman–Crippen LogP) is 3.39. The van der Waals surface area contributed by atoms with E-state index in [2.05, 4.69) is 19.2 Å². The lowest BCUT2D eigenvalue weighted by molar-refractivity contribution is -0.137. The van der Waals surface area contributed by atoms with Gasteiger partial charge in [0.25, 0.3) is 0 Å². The summed E-state index contributed by atoms with van der Waals surface area (Å²) in [5.74, 6) is -0.302. The molecule has 0 fully saturated rings. The van der Waals surface area contributed by atoms with Crippen molar-refractivity contribution in [2.45, 2.75) is 27.2 Å². The number of hydrogen-bond donors (Lipinski definition) is 1. The van der Waals surface area contributed by atoms with Crippen LogP contribution in [-0.4, -0.2) is 19.1 Å². The lowest BCUT2D eigenvalue weighted by Crippen LogP contribution is -2.01. The van der Waals surface area contributed by atoms with Crippen LogP contribution in [0.4, 0.5) is 5.69 Å². The van der Waals surface area contributed by atoms with E-state index in [0.29, 0.717) is 6.61 Å². The molecule has 1 N–H and O–H groups in total. The molecule has 1 aromatic carbocycles. The Balaban J connectivity index is 2.69. The molecule has 0 aliphatic carbocycles. The van der Waals surface area contributed by atoms with Crippen molar-refractivity contribution < 1.29 is 9.53 Å². The van der Waals surface area contributed by atoms with Crippen molar-refractivity contribution in [3.05, 3.63) is 35.4 Å². The number of carbonyl (C=O) groups excluding carboxylic acids is 1. The first kappa shape index (κ1) is 14.3. The van der Waals surface area contributed by atoms with E-state index in [4.69, 9.17) is 4.74 Å². The van der Waals surface area contributed by atoms with Crippen molar-refractivity contribution >= 4 is 17.7 Å². The van der Waals surface area contributed by atoms with Crippen molar-refractivity contribution in [3.63, 3.8) is 0 Å². The summed E-state index contributed by atoms with van der Waals surface area (Å²) in [4.78, 5) is 11.2. The summed E-state index contributed by atoms with van der Waals surface area (Å²) in [7, 11) is 0. The fraction of sp³-hybridized carbons (Fsp3) is 0.400. The molecule has 18 heavy (non-hydrogen) atoms. The highest BCUT2D eigenvalue weighted by atomic mass is 16.5. The smallest absolute Gasteiger partial charge is 0.330 e. The molecular weight excluding hydrogens is 226 g/mol. The van der Waals surface area contributed by atoms with Crippen LogP contribution in [0.2, 0.25) is 0 Å². The summed E-state index contributed by atoms with van der Waals surface area (Å²) in [5, 5.41) is 3.36. The van der Waals surface area contributed by atoms with E-state index >= 15 is 0 Å². The van der Waals surface area contributed by atoms with Crippen molar-refractivity contribution in [2.75, 3.05) is 18.5 Å². The zero-order chi connectivity index (χ0) is 13.4. The van der Waals surface area contributed by atoms with Crippen molar-refractivity contribution in [1.82, 2.24) is 0 Å². The van der Waals surface area contributed by atoms with E-state index in [1.54, 1.807) is 13.0 Å². The SMILES string of the molecule is CCCNc1ccc(C=CC(=O)OCC)cc1C. The molecule has 0 heterocycles. The molecular formula is C15H21NO2. The number of rotatable bonds is 6. The summed E-state index contributed by atoms with van der Waals surface area (Å²) in [5.41, 5.74) is 3.32. The van der Waals surface area contributed by atoms with E-state index < -0.39 is 0 Å². The molecule has 0 bridgehead atoms. The molecule has 0 aliphatic rings. The average molecular weight is 247 g/mol. The molecule has 0 aliphatic heterocycles. The van der Waals surface area contributed by atoms with Crippen LogP contribution >= 0.6 is 0 Å². The zero-order valence-corrected chi connectivity index (χ0v) is 11.3. The second kappa shape index (κ2) is 7.54. The van der Waals surface area contributed by atoms with Crippen LogP contribution in [-0.2, 0) is 9.53 Å². The first-order chi connectivity index (χ1) is 8.67. The molecule has 0 unspecified atom stereocenters. The van der Waals surface area contributed by atoms with Crippen molar-refractivity contribution in [3.8, 4) is 0 Å². The molecule has 0 saturated carbocycles. The lowest BCUT2D eigenvalue weighted by Gasteiger charge is -2.08. The molecule has 0 saturated heterocycles. The molecule has 1 aromatic rings. The highest BCUT2D eigenvalue weighted by Crippen LogP contribution is 2.17. The van der Waals surface area contributed by atoms with Gasteiger partial charge < -0.3 is 10.1 Å². The molecule has 0 spiro atoms. The maximum atomic E-state index is 11.2. The minimum Gasteiger partial charge on any atom is -0.463 e. The van der Waals surface area contributed by atoms with Gasteiger partial charge in [-0.2, -0.15) is 0 Å². The van der Waals surface area contributed by atoms with Gasteiger partial charge in [-0.3, -0.25) is 0 Å². The zero-order valence-electron chi connectivity index (χ0n) is 11.3. The Morgan fingerprint density at radius 1 is 1.39 bits per heavy atom. The van der Waals surface area contributed by atoms with Crippen LogP contribution in [0, 0.1) is 6.92 Å². The van der Waals surface area contributed by atoms with Gasteiger partial charge in [0.1, 0.15) is 0 Å². The van der Waals surface area contributed by atoms with Gasteiger partial charge in [-0.05, 0) is 49.6 Å². The Hall–Kier alpha value is -1.77. The largest absolute Gasteiger partial charge is 0.463 e. The van der Waals surface area contributed by atoms with Gasteiger partial charge in [-0.1, -0.05) is 13.0 Å². The second-order valence-corrected chi connectivity index (χ2v) is 4.09. The molecule has 0 radical (unpaired) electrons. The van der Waals surface area contributed by atoms with E-state index in [1.807, 2.05) is 18.2 Å². The van der Waals surface area contributed by atoms with E-state index in [9.17, 15) is 4.79 Å². The Kier molecular flexibility index (Phi) is 5.98. The maximum Gasteiger partial charge on any atom is 0.330 e. The van der Waals surface area contributed by atoms with Crippen LogP contribution in [0.1, 0.15) is 31.4 Å². The van der Waals surface area contributed by atoms with E-state index in [1.165, 1.54) is 11.6 Å². The third-order valence-corrected chi connectivity index (χ3v) is 2.51. The number of aryl methyl sites for hydroxylation is 1. The quantitative estimate of drug-likeness (QED) is 0.618. The van der Waals surface area contributed by atoms with Crippen molar-refractivity contribution in [1.29, 1.82) is 0 Å². The number of benzene rings is 1. The van der Waals surface area contributed by atoms with Crippen LogP contribution in [0.15, 0.2) is 24.3 Å². The van der Waals surface area contributed by atoms with Gasteiger partial charge >= 0.3 is 5.97 Å². The minimum atomic E-state index is -0.302. The summed E-state index contributed by atoms with van der Waals surface area (Å²) in [6, 6.07) is 6.07. The highest BCUT2D eigenvalue weighted by molar-refractivity contribution is 5.87. The maximum absolute atomic E-state index is 11.2. The molecule has 0 aromatic heterocycles. The topological polar surface area (TPSA) is 38.3 Å². The number of nitrogens with one attached hydrogen (secondary N) is 1. The van der Waals surface area contributed by atoms with Gasteiger partial charge in [0.05, 0.1) is 6.61 Å². The minimum absolute atomic E-state index is 0.302. The third kappa shape index (κ3) is 4.62. The molecule has 0 atom stereocenters. The third-order valence-electron chi connectivity index (χ3n) is 2.51. The molecule has 1 rings (SSSR count). The van der Waals surface area contributed by atoms with Crippen molar-refractivity contribution in [2.24, 2.45) is 0 Å². The molecule has 98 valence electrons. The van der Waals surface area contributed by atoms with E-state index in [0.717, 1.165) is 24.2 Å². The predicted molar refractivity (Wildman–Crippen MR) is 75.6 cm³/mol. The number of ether oxygens (including phenoxy) is 1. The summed E-state index contributed by atoms with van der Waals surface area (Å²) in [6.07, 6.45) is 4.33. The molecule has 0 amide bonds. The first-order valence-corrected chi connectivity index (χ1v) is 6.36. The number of carbonyl (C=O) groups is 1. The van der Waals surface area contributed by atoms with Crippen LogP contribution in [0.5, 0.6) is 0 Å². The Bertz CT molecular complexity index is 425. The van der Waals surface area contributed by atoms with Crippen LogP contribution in [0.25, 0.3) is 6.08 Å². The number of anilines is 1. The van der Waals surface area contributed by atoms with Gasteiger partial charge in [-0.15, -0.1) is 0 Å². The molecule has 3 nitrogen and oxygen atoms in total. The Labute approximate surface area is 109 Å². The highest BCUT2D eigenvalue weighted by Gasteiger charge is 1.98. The Morgan fingerprint density at radius 3 is 2.78 bits per heavy atom. The monoisotopic (exact) mass is 247 g/mol. The first-order valence-electron chi connectivity index (χ1n) is 6.36. The summed E-state index contributed by atoms with van der Waals surface area (Å²) >= 11 is 0. The standard InChI is InChI=1S/C15H21NO2/c1-4-10-16-14-8-6-13(11-12(14)3)7-9-15(17)18-5-2/h6-9,11,16H,4-5,10H2,1-3H3. The number of esters is 1. The summed E-state index contributed by atoms with van der Waals surface area (Å²) < 4.78 is 4.83. The van der Waals surface area contributed by atoms with Gasteiger partial charge in [0.15, 0.2) is 0 Å². The van der Waals surface area contributed by atoms with Crippen LogP contribution < -0.4 is 5.32 Å². The van der Waals surface area contributed by atoms with Gasteiger partial charge in [0, 0.05) is 18.3 Å². The van der Waals surface area contributed by atoms with Gasteiger partial charge in [-0.25, -0.2) is 4.79 Å². The number of hydrogen-bond acceptors (Lipinski definition) is 3. The van der Waals surface area contributed by atoms with E-state index in [-0.39, 0.29) is 5.97 Å². The fourth-order valence-corrected chi connectivity index (χ4v) is 1.60. The Morgan fingerprint density at radius 2 is 2.17 bits per heavy atom. The normalized spacial score (nSPS) is 10.6. The average Bonchev–Trinajstić information content (AvgIpc) is 2.35. The lowest BCUT2D eigenvalue weighted by atomic mass is 10.1. The van der Waals surface area contributed by atoms with Crippen LogP contribution in [0.3, 0.4) is 0 Å². The summed E-state index contributed by atoms with van der Waals surface area (Å²) in [6.45, 7) is 7.36. The van der Waals surface area contributed by atoms with Gasteiger partial charge in [0.2, 0.25) is 0 Å². The fourth-order valence-electron chi connectivity index (χ4n) is 1.60. The molecule has 3 heteroatoms.